The highest BCUT2D eigenvalue weighted by Crippen LogP contribution is 2.21. The average molecular weight is 450 g/mol. The minimum absolute atomic E-state index is 0.0125. The van der Waals surface area contributed by atoms with Gasteiger partial charge >= 0.3 is 0 Å². The van der Waals surface area contributed by atoms with E-state index in [0.717, 1.165) is 38.8 Å². The van der Waals surface area contributed by atoms with Crippen LogP contribution in [0.5, 0.6) is 0 Å². The van der Waals surface area contributed by atoms with Gasteiger partial charge in [-0.2, -0.15) is 0 Å². The van der Waals surface area contributed by atoms with E-state index in [-0.39, 0.29) is 21.6 Å². The second-order valence-electron chi connectivity index (χ2n) is 6.82. The van der Waals surface area contributed by atoms with E-state index >= 15 is 0 Å². The Morgan fingerprint density at radius 3 is 2.38 bits per heavy atom. The summed E-state index contributed by atoms with van der Waals surface area (Å²) in [7, 11) is 0. The molecule has 1 aliphatic heterocycles. The summed E-state index contributed by atoms with van der Waals surface area (Å²) in [6.45, 7) is 1.57. The van der Waals surface area contributed by atoms with E-state index in [4.69, 9.17) is 35.4 Å². The predicted octanol–water partition coefficient (Wildman–Crippen LogP) is 5.14. The number of halogens is 2. The van der Waals surface area contributed by atoms with Crippen LogP contribution in [0.15, 0.2) is 42.5 Å². The Bertz CT molecular complexity index is 928. The van der Waals surface area contributed by atoms with Crippen LogP contribution >= 0.6 is 35.4 Å². The van der Waals surface area contributed by atoms with Crippen LogP contribution in [-0.2, 0) is 0 Å². The zero-order chi connectivity index (χ0) is 20.8. The molecule has 29 heavy (non-hydrogen) atoms. The Kier molecular flexibility index (Phi) is 7.47. The molecule has 152 valence electrons. The first-order valence-corrected chi connectivity index (χ1v) is 10.6. The van der Waals surface area contributed by atoms with Crippen LogP contribution in [0.3, 0.4) is 0 Å². The number of carbonyl (C=O) groups is 2. The van der Waals surface area contributed by atoms with E-state index in [1.54, 1.807) is 30.3 Å². The molecule has 2 aromatic rings. The van der Waals surface area contributed by atoms with Crippen LogP contribution in [0.1, 0.15) is 46.4 Å². The summed E-state index contributed by atoms with van der Waals surface area (Å²) in [4.78, 5) is 27.1. The highest BCUT2D eigenvalue weighted by Gasteiger charge is 2.18. The van der Waals surface area contributed by atoms with E-state index < -0.39 is 5.91 Å². The van der Waals surface area contributed by atoms with Crippen molar-refractivity contribution in [1.82, 2.24) is 10.2 Å². The number of hydrogen-bond acceptors (Lipinski definition) is 3. The summed E-state index contributed by atoms with van der Waals surface area (Å²) in [6, 6.07) is 11.7. The van der Waals surface area contributed by atoms with Crippen LogP contribution in [0.4, 0.5) is 5.69 Å². The third-order valence-electron chi connectivity index (χ3n) is 4.66. The van der Waals surface area contributed by atoms with Gasteiger partial charge in [0, 0.05) is 29.4 Å². The number of amides is 2. The zero-order valence-electron chi connectivity index (χ0n) is 15.7. The normalized spacial score (nSPS) is 14.1. The highest BCUT2D eigenvalue weighted by molar-refractivity contribution is 7.80. The number of hydrogen-bond donors (Lipinski definition) is 2. The van der Waals surface area contributed by atoms with Crippen molar-refractivity contribution in [3.05, 3.63) is 63.6 Å². The van der Waals surface area contributed by atoms with Gasteiger partial charge in [0.15, 0.2) is 5.11 Å². The zero-order valence-corrected chi connectivity index (χ0v) is 18.0. The number of anilines is 1. The van der Waals surface area contributed by atoms with Gasteiger partial charge < -0.3 is 10.2 Å². The van der Waals surface area contributed by atoms with Crippen molar-refractivity contribution in [3.8, 4) is 0 Å². The molecule has 2 amide bonds. The molecular formula is C21H21Cl2N3O2S. The van der Waals surface area contributed by atoms with Gasteiger partial charge in [-0.3, -0.25) is 14.9 Å². The first-order chi connectivity index (χ1) is 13.9. The summed E-state index contributed by atoms with van der Waals surface area (Å²) in [6.07, 6.45) is 4.40. The van der Waals surface area contributed by atoms with Crippen LogP contribution in [0, 0.1) is 0 Å². The average Bonchev–Trinajstić information content (AvgIpc) is 2.96. The van der Waals surface area contributed by atoms with Gasteiger partial charge in [0.05, 0.1) is 10.6 Å². The summed E-state index contributed by atoms with van der Waals surface area (Å²) in [5.41, 5.74) is 1.48. The molecule has 0 aromatic heterocycles. The second kappa shape index (κ2) is 10.1. The van der Waals surface area contributed by atoms with Crippen molar-refractivity contribution < 1.29 is 9.59 Å². The summed E-state index contributed by atoms with van der Waals surface area (Å²) in [5.74, 6) is -0.431. The van der Waals surface area contributed by atoms with Crippen molar-refractivity contribution in [1.29, 1.82) is 0 Å². The van der Waals surface area contributed by atoms with Crippen molar-refractivity contribution >= 4 is 58.0 Å². The Hall–Kier alpha value is -2.15. The summed E-state index contributed by atoms with van der Waals surface area (Å²) < 4.78 is 0. The maximum absolute atomic E-state index is 12.8. The quantitative estimate of drug-likeness (QED) is 0.636. The Morgan fingerprint density at radius 1 is 0.966 bits per heavy atom. The number of nitrogens with zero attached hydrogens (tertiary/aromatic N) is 1. The smallest absolute Gasteiger partial charge is 0.258 e. The molecule has 0 radical (unpaired) electrons. The van der Waals surface area contributed by atoms with E-state index in [0.29, 0.717) is 16.3 Å². The molecule has 8 heteroatoms. The fourth-order valence-corrected chi connectivity index (χ4v) is 3.90. The first kappa shape index (κ1) is 21.6. The van der Waals surface area contributed by atoms with Gasteiger partial charge in [-0.25, -0.2) is 0 Å². The molecule has 0 unspecified atom stereocenters. The predicted molar refractivity (Wildman–Crippen MR) is 121 cm³/mol. The molecule has 1 fully saturated rings. The van der Waals surface area contributed by atoms with Gasteiger partial charge in [0.1, 0.15) is 0 Å². The number of benzene rings is 2. The Morgan fingerprint density at radius 2 is 1.69 bits per heavy atom. The van der Waals surface area contributed by atoms with E-state index in [1.165, 1.54) is 12.1 Å². The molecule has 2 N–H and O–H groups in total. The van der Waals surface area contributed by atoms with Crippen LogP contribution in [-0.4, -0.2) is 34.9 Å². The minimum atomic E-state index is -0.444. The highest BCUT2D eigenvalue weighted by atomic mass is 35.5. The van der Waals surface area contributed by atoms with Crippen molar-refractivity contribution in [2.24, 2.45) is 0 Å². The lowest BCUT2D eigenvalue weighted by Crippen LogP contribution is -2.34. The number of carbonyl (C=O) groups excluding carboxylic acids is 2. The van der Waals surface area contributed by atoms with Gasteiger partial charge in [0.2, 0.25) is 0 Å². The Balaban J connectivity index is 1.64. The molecular weight excluding hydrogens is 429 g/mol. The topological polar surface area (TPSA) is 61.4 Å². The molecule has 0 aliphatic carbocycles. The van der Waals surface area contributed by atoms with Crippen LogP contribution in [0.2, 0.25) is 10.0 Å². The largest absolute Gasteiger partial charge is 0.339 e. The molecule has 3 rings (SSSR count). The van der Waals surface area contributed by atoms with Gasteiger partial charge in [-0.1, -0.05) is 42.1 Å². The van der Waals surface area contributed by atoms with Gasteiger partial charge in [-0.05, 0) is 61.5 Å². The van der Waals surface area contributed by atoms with Crippen molar-refractivity contribution in [3.63, 3.8) is 0 Å². The van der Waals surface area contributed by atoms with Crippen LogP contribution < -0.4 is 10.6 Å². The van der Waals surface area contributed by atoms with Crippen molar-refractivity contribution in [2.75, 3.05) is 18.4 Å². The standard InChI is InChI=1S/C21H21Cl2N3O2S/c22-15-8-9-17(18(23)13-15)19(27)25-21(29)24-16-7-5-6-14(12-16)20(28)26-10-3-1-2-4-11-26/h5-9,12-13H,1-4,10-11H2,(H2,24,25,27,29). The molecule has 1 aliphatic rings. The number of nitrogens with one attached hydrogen (secondary N) is 2. The molecule has 2 aromatic carbocycles. The SMILES string of the molecule is O=C(NC(=S)Nc1cccc(C(=O)N2CCCCCC2)c1)c1ccc(Cl)cc1Cl. The monoisotopic (exact) mass is 449 g/mol. The van der Waals surface area contributed by atoms with E-state index in [2.05, 4.69) is 10.6 Å². The molecule has 1 saturated heterocycles. The third-order valence-corrected chi connectivity index (χ3v) is 5.42. The van der Waals surface area contributed by atoms with Gasteiger partial charge in [0.25, 0.3) is 11.8 Å². The lowest BCUT2D eigenvalue weighted by atomic mass is 10.1. The lowest BCUT2D eigenvalue weighted by molar-refractivity contribution is 0.0761. The first-order valence-electron chi connectivity index (χ1n) is 9.41. The molecule has 0 bridgehead atoms. The summed E-state index contributed by atoms with van der Waals surface area (Å²) >= 11 is 17.1. The lowest BCUT2D eigenvalue weighted by Gasteiger charge is -2.20. The maximum atomic E-state index is 12.8. The number of rotatable bonds is 3. The molecule has 0 saturated carbocycles. The Labute approximate surface area is 185 Å². The molecule has 0 spiro atoms. The second-order valence-corrected chi connectivity index (χ2v) is 8.07. The van der Waals surface area contributed by atoms with Crippen LogP contribution in [0.25, 0.3) is 0 Å². The fourth-order valence-electron chi connectivity index (χ4n) is 3.19. The van der Waals surface area contributed by atoms with Gasteiger partial charge in [-0.15, -0.1) is 0 Å². The number of thiocarbonyl (C=S) groups is 1. The molecule has 5 nitrogen and oxygen atoms in total. The van der Waals surface area contributed by atoms with E-state index in [9.17, 15) is 9.59 Å². The van der Waals surface area contributed by atoms with E-state index in [1.807, 2.05) is 4.90 Å². The molecule has 0 atom stereocenters. The number of likely N-dealkylation sites (tertiary alicyclic amines) is 1. The maximum Gasteiger partial charge on any atom is 0.258 e. The minimum Gasteiger partial charge on any atom is -0.339 e. The molecule has 1 heterocycles. The fraction of sp³-hybridized carbons (Fsp3) is 0.286. The third kappa shape index (κ3) is 5.92. The van der Waals surface area contributed by atoms with Crippen molar-refractivity contribution in [2.45, 2.75) is 25.7 Å². The summed E-state index contributed by atoms with van der Waals surface area (Å²) in [5, 5.41) is 6.32.